The number of rotatable bonds is 5. The molecule has 34 heavy (non-hydrogen) atoms. The maximum absolute atomic E-state index is 14.0. The number of amides is 3. The molecule has 0 radical (unpaired) electrons. The third-order valence-electron chi connectivity index (χ3n) is 5.89. The largest absolute Gasteiger partial charge is 0.465 e. The number of hydrogen-bond donors (Lipinski definition) is 1. The molecule has 1 aliphatic rings. The third-order valence-corrected chi connectivity index (χ3v) is 5.89. The van der Waals surface area contributed by atoms with Crippen LogP contribution in [0, 0.1) is 26.6 Å². The summed E-state index contributed by atoms with van der Waals surface area (Å²) < 4.78 is 20.8. The van der Waals surface area contributed by atoms with Crippen LogP contribution < -0.4 is 5.32 Å². The van der Waals surface area contributed by atoms with Gasteiger partial charge in [-0.25, -0.2) is 14.0 Å². The van der Waals surface area contributed by atoms with E-state index in [1.54, 1.807) is 30.3 Å². The Kier molecular flexibility index (Phi) is 6.06. The first-order chi connectivity index (χ1) is 16.2. The Morgan fingerprint density at radius 3 is 2.53 bits per heavy atom. The molecule has 174 valence electrons. The number of nitrogens with zero attached hydrogens (tertiary/aromatic N) is 2. The normalized spacial score (nSPS) is 14.6. The maximum atomic E-state index is 14.0. The number of urea groups is 1. The first kappa shape index (κ1) is 23.0. The molecule has 2 aromatic carbocycles. The number of esters is 1. The van der Waals surface area contributed by atoms with Gasteiger partial charge in [-0.3, -0.25) is 9.69 Å². The highest BCUT2D eigenvalue weighted by Gasteiger charge is 2.34. The van der Waals surface area contributed by atoms with Crippen LogP contribution in [0.25, 0.3) is 11.8 Å². The second-order valence-electron chi connectivity index (χ2n) is 8.13. The minimum Gasteiger partial charge on any atom is -0.465 e. The Bertz CT molecular complexity index is 1360. The van der Waals surface area contributed by atoms with Crippen molar-refractivity contribution >= 4 is 24.0 Å². The second-order valence-corrected chi connectivity index (χ2v) is 8.13. The minimum absolute atomic E-state index is 0.113. The second kappa shape index (κ2) is 8.97. The van der Waals surface area contributed by atoms with Crippen molar-refractivity contribution in [2.24, 2.45) is 0 Å². The lowest BCUT2D eigenvalue weighted by atomic mass is 10.1. The zero-order valence-electron chi connectivity index (χ0n) is 19.3. The maximum Gasteiger partial charge on any atom is 0.337 e. The predicted octanol–water partition coefficient (Wildman–Crippen LogP) is 4.42. The molecular formula is C26H24FN3O4. The lowest BCUT2D eigenvalue weighted by Gasteiger charge is -2.14. The minimum atomic E-state index is -0.602. The van der Waals surface area contributed by atoms with Crippen LogP contribution in [0.1, 0.15) is 38.4 Å². The Labute approximate surface area is 196 Å². The van der Waals surface area contributed by atoms with Gasteiger partial charge in [0.1, 0.15) is 11.5 Å². The predicted molar refractivity (Wildman–Crippen MR) is 125 cm³/mol. The summed E-state index contributed by atoms with van der Waals surface area (Å²) in [6.45, 7) is 5.59. The number of aromatic nitrogens is 1. The van der Waals surface area contributed by atoms with Gasteiger partial charge in [-0.15, -0.1) is 0 Å². The van der Waals surface area contributed by atoms with Gasteiger partial charge in [0.15, 0.2) is 0 Å². The van der Waals surface area contributed by atoms with E-state index in [0.29, 0.717) is 5.56 Å². The number of ether oxygens (including phenoxy) is 1. The molecule has 4 rings (SSSR count). The van der Waals surface area contributed by atoms with Gasteiger partial charge in [-0.2, -0.15) is 0 Å². The first-order valence-electron chi connectivity index (χ1n) is 10.7. The zero-order chi connectivity index (χ0) is 24.6. The van der Waals surface area contributed by atoms with Gasteiger partial charge in [0.05, 0.1) is 19.2 Å². The fourth-order valence-electron chi connectivity index (χ4n) is 4.07. The van der Waals surface area contributed by atoms with Crippen molar-refractivity contribution in [2.45, 2.75) is 27.3 Å². The molecule has 3 aromatic rings. The fraction of sp³-hybridized carbons (Fsp3) is 0.192. The molecule has 3 amide bonds. The van der Waals surface area contributed by atoms with Gasteiger partial charge in [0.2, 0.25) is 0 Å². The van der Waals surface area contributed by atoms with Gasteiger partial charge < -0.3 is 14.6 Å². The van der Waals surface area contributed by atoms with E-state index in [0.717, 1.165) is 33.1 Å². The topological polar surface area (TPSA) is 80.6 Å². The molecule has 0 unspecified atom stereocenters. The monoisotopic (exact) mass is 461 g/mol. The number of methoxy groups -OCH3 is 1. The summed E-state index contributed by atoms with van der Waals surface area (Å²) in [5.74, 6) is -1.43. The first-order valence-corrected chi connectivity index (χ1v) is 10.7. The Hall–Kier alpha value is -4.20. The number of halogens is 1. The van der Waals surface area contributed by atoms with Crippen molar-refractivity contribution in [2.75, 3.05) is 7.11 Å². The Morgan fingerprint density at radius 2 is 1.82 bits per heavy atom. The van der Waals surface area contributed by atoms with Crippen LogP contribution in [0.3, 0.4) is 0 Å². The van der Waals surface area contributed by atoms with Crippen LogP contribution in [0.4, 0.5) is 9.18 Å². The zero-order valence-corrected chi connectivity index (χ0v) is 19.3. The Morgan fingerprint density at radius 1 is 1.09 bits per heavy atom. The molecule has 0 aliphatic carbocycles. The molecular weight excluding hydrogens is 437 g/mol. The number of carbonyl (C=O) groups is 3. The summed E-state index contributed by atoms with van der Waals surface area (Å²) in [6.07, 6.45) is 1.61. The van der Waals surface area contributed by atoms with Crippen LogP contribution in [0.5, 0.6) is 0 Å². The standard InChI is InChI=1S/C26H24FN3O4/c1-15-9-10-18(25(32)34-4)13-23(15)30-16(2)11-20(17(30)3)12-22-24(31)29(26(33)28-22)14-19-7-5-6-8-21(19)27/h5-13H,14H2,1-4H3,(H,28,33)/b22-12+. The lowest BCUT2D eigenvalue weighted by Crippen LogP contribution is -2.30. The number of imide groups is 1. The molecule has 0 atom stereocenters. The number of nitrogens with one attached hydrogen (secondary N) is 1. The molecule has 2 heterocycles. The van der Waals surface area contributed by atoms with Crippen molar-refractivity contribution in [3.05, 3.63) is 93.7 Å². The van der Waals surface area contributed by atoms with Crippen LogP contribution in [0.2, 0.25) is 0 Å². The highest BCUT2D eigenvalue weighted by atomic mass is 19.1. The molecule has 1 fully saturated rings. The molecule has 8 heteroatoms. The van der Waals surface area contributed by atoms with Crippen LogP contribution in [0.15, 0.2) is 54.2 Å². The van der Waals surface area contributed by atoms with E-state index in [1.165, 1.54) is 19.2 Å². The number of carbonyl (C=O) groups excluding carboxylic acids is 3. The van der Waals surface area contributed by atoms with Crippen molar-refractivity contribution < 1.29 is 23.5 Å². The number of hydrogen-bond acceptors (Lipinski definition) is 4. The molecule has 7 nitrogen and oxygen atoms in total. The third kappa shape index (κ3) is 4.10. The SMILES string of the molecule is COC(=O)c1ccc(C)c(-n2c(C)cc(/C=C3/NC(=O)N(Cc4ccccc4F)C3=O)c2C)c1. The summed E-state index contributed by atoms with van der Waals surface area (Å²) in [6, 6.07) is 12.6. The summed E-state index contributed by atoms with van der Waals surface area (Å²) in [5, 5.41) is 2.59. The van der Waals surface area contributed by atoms with E-state index in [4.69, 9.17) is 4.74 Å². The van der Waals surface area contributed by atoms with E-state index in [9.17, 15) is 18.8 Å². The van der Waals surface area contributed by atoms with E-state index in [-0.39, 0.29) is 17.8 Å². The van der Waals surface area contributed by atoms with Crippen molar-refractivity contribution in [3.8, 4) is 5.69 Å². The summed E-state index contributed by atoms with van der Waals surface area (Å²) in [5.41, 5.74) is 5.00. The van der Waals surface area contributed by atoms with E-state index >= 15 is 0 Å². The quantitative estimate of drug-likeness (QED) is 0.347. The van der Waals surface area contributed by atoms with Gasteiger partial charge in [-0.1, -0.05) is 24.3 Å². The molecule has 1 N–H and O–H groups in total. The lowest BCUT2D eigenvalue weighted by molar-refractivity contribution is -0.123. The number of aryl methyl sites for hydroxylation is 2. The summed E-state index contributed by atoms with van der Waals surface area (Å²) in [7, 11) is 1.33. The Balaban J connectivity index is 1.67. The smallest absolute Gasteiger partial charge is 0.337 e. The molecule has 0 bridgehead atoms. The van der Waals surface area contributed by atoms with Crippen LogP contribution in [-0.4, -0.2) is 34.5 Å². The van der Waals surface area contributed by atoms with E-state index in [2.05, 4.69) is 5.32 Å². The highest BCUT2D eigenvalue weighted by Crippen LogP contribution is 2.27. The average molecular weight is 461 g/mol. The van der Waals surface area contributed by atoms with Gasteiger partial charge in [-0.05, 0) is 62.2 Å². The summed E-state index contributed by atoms with van der Waals surface area (Å²) in [4.78, 5) is 38.3. The molecule has 0 saturated carbocycles. The molecule has 1 aliphatic heterocycles. The summed E-state index contributed by atoms with van der Waals surface area (Å²) >= 11 is 0. The molecule has 1 aromatic heterocycles. The van der Waals surface area contributed by atoms with Gasteiger partial charge >= 0.3 is 12.0 Å². The van der Waals surface area contributed by atoms with Gasteiger partial charge in [0.25, 0.3) is 5.91 Å². The van der Waals surface area contributed by atoms with Crippen LogP contribution in [-0.2, 0) is 16.1 Å². The molecule has 0 spiro atoms. The van der Waals surface area contributed by atoms with Crippen LogP contribution >= 0.6 is 0 Å². The van der Waals surface area contributed by atoms with Gasteiger partial charge in [0, 0.05) is 22.6 Å². The number of benzene rings is 2. The van der Waals surface area contributed by atoms with Crippen molar-refractivity contribution in [1.29, 1.82) is 0 Å². The fourth-order valence-corrected chi connectivity index (χ4v) is 4.07. The van der Waals surface area contributed by atoms with E-state index in [1.807, 2.05) is 37.5 Å². The van der Waals surface area contributed by atoms with Crippen molar-refractivity contribution in [1.82, 2.24) is 14.8 Å². The average Bonchev–Trinajstić information content (AvgIpc) is 3.24. The van der Waals surface area contributed by atoms with Crippen molar-refractivity contribution in [3.63, 3.8) is 0 Å². The van der Waals surface area contributed by atoms with E-state index < -0.39 is 23.7 Å². The molecule has 1 saturated heterocycles. The highest BCUT2D eigenvalue weighted by molar-refractivity contribution is 6.14.